The van der Waals surface area contributed by atoms with E-state index in [0.29, 0.717) is 17.2 Å². The molecule has 5 nitrogen and oxygen atoms in total. The fourth-order valence-corrected chi connectivity index (χ4v) is 4.83. The summed E-state index contributed by atoms with van der Waals surface area (Å²) in [4.78, 5) is 27.0. The fraction of sp³-hybridized carbons (Fsp3) is 0.167. The molecule has 0 bridgehead atoms. The van der Waals surface area contributed by atoms with Crippen LogP contribution in [0.15, 0.2) is 78.9 Å². The molecule has 0 saturated carbocycles. The van der Waals surface area contributed by atoms with Gasteiger partial charge in [-0.05, 0) is 35.4 Å². The number of nitrogens with one attached hydrogen (secondary N) is 1. The molecule has 1 heterocycles. The summed E-state index contributed by atoms with van der Waals surface area (Å²) < 4.78 is 5.31. The van der Waals surface area contributed by atoms with E-state index in [-0.39, 0.29) is 17.2 Å². The van der Waals surface area contributed by atoms with Crippen LogP contribution in [0, 0.1) is 0 Å². The van der Waals surface area contributed by atoms with Crippen LogP contribution in [-0.2, 0) is 9.59 Å². The molecule has 0 unspecified atom stereocenters. The number of methoxy groups -OCH3 is 1. The van der Waals surface area contributed by atoms with Gasteiger partial charge in [-0.1, -0.05) is 48.5 Å². The highest BCUT2D eigenvalue weighted by Crippen LogP contribution is 2.43. The van der Waals surface area contributed by atoms with Gasteiger partial charge in [0, 0.05) is 17.4 Å². The highest BCUT2D eigenvalue weighted by Gasteiger charge is 2.34. The van der Waals surface area contributed by atoms with Gasteiger partial charge in [-0.25, -0.2) is 0 Å². The quantitative estimate of drug-likeness (QED) is 0.509. The largest absolute Gasteiger partial charge is 0.497 e. The highest BCUT2D eigenvalue weighted by atomic mass is 35.5. The zero-order valence-electron chi connectivity index (χ0n) is 16.8. The van der Waals surface area contributed by atoms with Crippen molar-refractivity contribution >= 4 is 46.6 Å². The lowest BCUT2D eigenvalue weighted by atomic mass is 10.1. The first-order valence-corrected chi connectivity index (χ1v) is 11.2. The second kappa shape index (κ2) is 9.45. The van der Waals surface area contributed by atoms with E-state index in [0.717, 1.165) is 16.8 Å². The number of thioether (sulfide) groups is 1. The fourth-order valence-electron chi connectivity index (χ4n) is 3.46. The number of carbonyl (C=O) groups is 2. The van der Waals surface area contributed by atoms with Crippen LogP contribution in [0.25, 0.3) is 0 Å². The zero-order valence-corrected chi connectivity index (χ0v) is 18.4. The molecule has 0 aliphatic carbocycles. The zero-order chi connectivity index (χ0) is 21.8. The van der Waals surface area contributed by atoms with Gasteiger partial charge >= 0.3 is 0 Å². The molecule has 2 atom stereocenters. The van der Waals surface area contributed by atoms with Crippen molar-refractivity contribution in [2.75, 3.05) is 23.1 Å². The van der Waals surface area contributed by atoms with E-state index in [1.807, 2.05) is 78.9 Å². The average Bonchev–Trinajstić information content (AvgIpc) is 3.20. The number of benzene rings is 3. The Morgan fingerprint density at radius 2 is 1.87 bits per heavy atom. The minimum Gasteiger partial charge on any atom is -0.497 e. The van der Waals surface area contributed by atoms with Gasteiger partial charge in [0.25, 0.3) is 0 Å². The highest BCUT2D eigenvalue weighted by molar-refractivity contribution is 8.00. The third-order valence-electron chi connectivity index (χ3n) is 4.96. The predicted octanol–water partition coefficient (Wildman–Crippen LogP) is 5.39. The Morgan fingerprint density at radius 1 is 1.10 bits per heavy atom. The van der Waals surface area contributed by atoms with E-state index >= 15 is 0 Å². The Balaban J connectivity index is 1.55. The number of rotatable bonds is 6. The molecule has 31 heavy (non-hydrogen) atoms. The molecule has 1 aliphatic heterocycles. The maximum Gasteiger partial charge on any atom is 0.246 e. The Hall–Kier alpha value is -2.96. The van der Waals surface area contributed by atoms with Crippen LogP contribution < -0.4 is 15.0 Å². The number of hydrogen-bond donors (Lipinski definition) is 1. The molecule has 4 rings (SSSR count). The van der Waals surface area contributed by atoms with E-state index < -0.39 is 5.38 Å². The molecule has 3 aromatic carbocycles. The normalized spacial score (nSPS) is 16.8. The van der Waals surface area contributed by atoms with Crippen LogP contribution in [0.2, 0.25) is 0 Å². The summed E-state index contributed by atoms with van der Waals surface area (Å²) in [7, 11) is 1.60. The number of halogens is 1. The van der Waals surface area contributed by atoms with E-state index in [9.17, 15) is 9.59 Å². The lowest BCUT2D eigenvalue weighted by Crippen LogP contribution is -2.27. The number of alkyl halides is 1. The number of ether oxygens (including phenoxy) is 1. The molecule has 1 fully saturated rings. The maximum atomic E-state index is 12.6. The summed E-state index contributed by atoms with van der Waals surface area (Å²) in [6.45, 7) is 0. The lowest BCUT2D eigenvalue weighted by Gasteiger charge is -2.25. The second-order valence-corrected chi connectivity index (χ2v) is 8.52. The van der Waals surface area contributed by atoms with Gasteiger partial charge in [-0.15, -0.1) is 23.4 Å². The van der Waals surface area contributed by atoms with E-state index in [1.54, 1.807) is 23.8 Å². The van der Waals surface area contributed by atoms with Crippen LogP contribution in [0.3, 0.4) is 0 Å². The van der Waals surface area contributed by atoms with Gasteiger partial charge in [0.05, 0.1) is 12.9 Å². The molecule has 158 valence electrons. The number of carbonyl (C=O) groups excluding carboxylic acids is 2. The Morgan fingerprint density at radius 3 is 2.65 bits per heavy atom. The van der Waals surface area contributed by atoms with E-state index in [2.05, 4.69) is 5.32 Å². The van der Waals surface area contributed by atoms with Crippen molar-refractivity contribution in [1.82, 2.24) is 0 Å². The van der Waals surface area contributed by atoms with Crippen LogP contribution in [0.5, 0.6) is 5.75 Å². The molecule has 1 saturated heterocycles. The van der Waals surface area contributed by atoms with Gasteiger partial charge in [-0.3, -0.25) is 14.5 Å². The minimum absolute atomic E-state index is 0.0302. The predicted molar refractivity (Wildman–Crippen MR) is 126 cm³/mol. The summed E-state index contributed by atoms with van der Waals surface area (Å²) >= 11 is 7.89. The molecular weight excluding hydrogens is 432 g/mol. The van der Waals surface area contributed by atoms with Crippen LogP contribution in [0.1, 0.15) is 21.9 Å². The molecule has 0 aromatic heterocycles. The van der Waals surface area contributed by atoms with Gasteiger partial charge in [0.15, 0.2) is 0 Å². The Labute approximate surface area is 190 Å². The van der Waals surface area contributed by atoms with Gasteiger partial charge in [0.2, 0.25) is 11.8 Å². The monoisotopic (exact) mass is 452 g/mol. The first-order valence-electron chi connectivity index (χ1n) is 9.74. The third-order valence-corrected chi connectivity index (χ3v) is 6.62. The van der Waals surface area contributed by atoms with Crippen LogP contribution in [-0.4, -0.2) is 24.7 Å². The Bertz CT molecular complexity index is 1090. The molecule has 7 heteroatoms. The second-order valence-electron chi connectivity index (χ2n) is 7.02. The van der Waals surface area contributed by atoms with Crippen molar-refractivity contribution in [2.24, 2.45) is 0 Å². The topological polar surface area (TPSA) is 58.6 Å². The summed E-state index contributed by atoms with van der Waals surface area (Å²) in [5.41, 5.74) is 3.06. The summed E-state index contributed by atoms with van der Waals surface area (Å²) in [6, 6.07) is 24.2. The number of amides is 2. The SMILES string of the molecule is COc1cccc(N2C(=O)CS[C@H]2c2cccc(NC(=O)[C@H](Cl)c3ccccc3)c2)c1. The standard InChI is InChI=1S/C24H21ClN2O3S/c1-30-20-12-6-11-19(14-20)27-21(28)15-31-24(27)17-9-5-10-18(13-17)26-23(29)22(25)16-7-3-2-4-8-16/h2-14,22,24H,15H2,1H3,(H,26,29)/t22-,24+/m1/s1. The van der Waals surface area contributed by atoms with E-state index in [4.69, 9.17) is 16.3 Å². The molecule has 0 spiro atoms. The molecule has 0 radical (unpaired) electrons. The minimum atomic E-state index is -0.791. The number of anilines is 2. The first kappa shape index (κ1) is 21.3. The first-order chi connectivity index (χ1) is 15.1. The van der Waals surface area contributed by atoms with Crippen molar-refractivity contribution in [1.29, 1.82) is 0 Å². The number of hydrogen-bond acceptors (Lipinski definition) is 4. The van der Waals surface area contributed by atoms with Crippen molar-refractivity contribution in [3.63, 3.8) is 0 Å². The number of nitrogens with zero attached hydrogens (tertiary/aromatic N) is 1. The molecule has 2 amide bonds. The summed E-state index contributed by atoms with van der Waals surface area (Å²) in [6.07, 6.45) is 0. The van der Waals surface area contributed by atoms with E-state index in [1.165, 1.54) is 0 Å². The van der Waals surface area contributed by atoms with Crippen molar-refractivity contribution in [3.05, 3.63) is 90.0 Å². The van der Waals surface area contributed by atoms with Gasteiger partial charge in [-0.2, -0.15) is 0 Å². The average molecular weight is 453 g/mol. The van der Waals surface area contributed by atoms with Gasteiger partial charge < -0.3 is 10.1 Å². The van der Waals surface area contributed by atoms with Crippen LogP contribution in [0.4, 0.5) is 11.4 Å². The van der Waals surface area contributed by atoms with Crippen molar-refractivity contribution in [2.45, 2.75) is 10.8 Å². The molecule has 1 N–H and O–H groups in total. The van der Waals surface area contributed by atoms with Gasteiger partial charge in [0.1, 0.15) is 16.5 Å². The molecular formula is C24H21ClN2O3S. The Kier molecular flexibility index (Phi) is 6.49. The molecule has 1 aliphatic rings. The third kappa shape index (κ3) is 4.70. The summed E-state index contributed by atoms with van der Waals surface area (Å²) in [5, 5.41) is 1.90. The van der Waals surface area contributed by atoms with Crippen LogP contribution >= 0.6 is 23.4 Å². The lowest BCUT2D eigenvalue weighted by molar-refractivity contribution is -0.116. The summed E-state index contributed by atoms with van der Waals surface area (Å²) in [5.74, 6) is 0.805. The smallest absolute Gasteiger partial charge is 0.246 e. The molecule has 3 aromatic rings. The van der Waals surface area contributed by atoms with Crippen molar-refractivity contribution in [3.8, 4) is 5.75 Å². The maximum absolute atomic E-state index is 12.6. The van der Waals surface area contributed by atoms with Crippen molar-refractivity contribution < 1.29 is 14.3 Å².